The number of carbonyl (C=O) groups excluding carboxylic acids is 2. The molecule has 112 valence electrons. The average Bonchev–Trinajstić information content (AvgIpc) is 2.84. The van der Waals surface area contributed by atoms with Crippen molar-refractivity contribution in [2.24, 2.45) is 0 Å². The summed E-state index contributed by atoms with van der Waals surface area (Å²) in [6.45, 7) is 0.924. The standard InChI is InChI=1S/C13H14N2O5S/c16-10-2-1-8(12(18)19)7-9(10)14-11(17)3-4-15-5-6-21-13(15)20/h1-2,7,16H,3-6H2,(H,14,17)(H,18,19). The number of anilines is 1. The van der Waals surface area contributed by atoms with Gasteiger partial charge < -0.3 is 20.4 Å². The molecule has 0 saturated carbocycles. The molecule has 1 aliphatic rings. The van der Waals surface area contributed by atoms with Gasteiger partial charge in [-0.1, -0.05) is 11.8 Å². The molecule has 8 heteroatoms. The summed E-state index contributed by atoms with van der Waals surface area (Å²) in [7, 11) is 0. The summed E-state index contributed by atoms with van der Waals surface area (Å²) in [5.74, 6) is -1.02. The Balaban J connectivity index is 1.94. The number of amides is 2. The van der Waals surface area contributed by atoms with Gasteiger partial charge >= 0.3 is 5.97 Å². The number of hydrogen-bond acceptors (Lipinski definition) is 5. The summed E-state index contributed by atoms with van der Waals surface area (Å²) in [4.78, 5) is 35.6. The van der Waals surface area contributed by atoms with Crippen LogP contribution in [0.15, 0.2) is 18.2 Å². The number of phenolic OH excluding ortho intramolecular Hbond substituents is 1. The predicted molar refractivity (Wildman–Crippen MR) is 77.7 cm³/mol. The Morgan fingerprint density at radius 2 is 2.14 bits per heavy atom. The Kier molecular flexibility index (Phi) is 4.69. The number of aromatic hydroxyl groups is 1. The van der Waals surface area contributed by atoms with Crippen LogP contribution < -0.4 is 5.32 Å². The molecule has 0 radical (unpaired) electrons. The molecule has 1 fully saturated rings. The molecule has 0 unspecified atom stereocenters. The molecule has 2 rings (SSSR count). The van der Waals surface area contributed by atoms with Gasteiger partial charge in [0, 0.05) is 25.3 Å². The molecule has 7 nitrogen and oxygen atoms in total. The van der Waals surface area contributed by atoms with Crippen molar-refractivity contribution in [2.45, 2.75) is 6.42 Å². The van der Waals surface area contributed by atoms with Gasteiger partial charge in [-0.2, -0.15) is 0 Å². The molecule has 1 saturated heterocycles. The van der Waals surface area contributed by atoms with Crippen LogP contribution in [-0.4, -0.2) is 51.1 Å². The van der Waals surface area contributed by atoms with Gasteiger partial charge in [0.05, 0.1) is 11.3 Å². The number of nitrogens with zero attached hydrogens (tertiary/aromatic N) is 1. The van der Waals surface area contributed by atoms with E-state index in [0.717, 1.165) is 5.75 Å². The van der Waals surface area contributed by atoms with Gasteiger partial charge in [-0.05, 0) is 18.2 Å². The van der Waals surface area contributed by atoms with Crippen molar-refractivity contribution in [2.75, 3.05) is 24.2 Å². The van der Waals surface area contributed by atoms with Crippen molar-refractivity contribution in [3.8, 4) is 5.75 Å². The zero-order valence-electron chi connectivity index (χ0n) is 11.0. The number of carbonyl (C=O) groups is 3. The number of rotatable bonds is 5. The number of carboxylic acids is 1. The minimum absolute atomic E-state index is 0.0331. The van der Waals surface area contributed by atoms with E-state index in [1.54, 1.807) is 4.90 Å². The van der Waals surface area contributed by atoms with Crippen molar-refractivity contribution >= 4 is 34.6 Å². The second-order valence-corrected chi connectivity index (χ2v) is 5.48. The maximum atomic E-state index is 11.8. The molecule has 0 atom stereocenters. The molecule has 0 bridgehead atoms. The maximum Gasteiger partial charge on any atom is 0.335 e. The quantitative estimate of drug-likeness (QED) is 0.713. The van der Waals surface area contributed by atoms with Crippen molar-refractivity contribution in [3.05, 3.63) is 23.8 Å². The summed E-state index contributed by atoms with van der Waals surface area (Å²) in [5.41, 5.74) is 0.0104. The second kappa shape index (κ2) is 6.49. The van der Waals surface area contributed by atoms with Gasteiger partial charge in [0.1, 0.15) is 5.75 Å². The molecular weight excluding hydrogens is 296 g/mol. The molecule has 0 spiro atoms. The molecule has 0 aromatic heterocycles. The van der Waals surface area contributed by atoms with Crippen molar-refractivity contribution < 1.29 is 24.6 Å². The third-order valence-electron chi connectivity index (χ3n) is 2.97. The predicted octanol–water partition coefficient (Wildman–Crippen LogP) is 1.59. The van der Waals surface area contributed by atoms with E-state index in [-0.39, 0.29) is 28.7 Å². The van der Waals surface area contributed by atoms with E-state index in [0.29, 0.717) is 13.1 Å². The summed E-state index contributed by atoms with van der Waals surface area (Å²) >= 11 is 1.22. The molecular formula is C13H14N2O5S. The normalized spacial score (nSPS) is 14.3. The van der Waals surface area contributed by atoms with Crippen LogP contribution in [0, 0.1) is 0 Å². The minimum Gasteiger partial charge on any atom is -0.506 e. The SMILES string of the molecule is O=C(CCN1CCSC1=O)Nc1cc(C(=O)O)ccc1O. The number of aromatic carboxylic acids is 1. The first-order chi connectivity index (χ1) is 9.97. The maximum absolute atomic E-state index is 11.8. The van der Waals surface area contributed by atoms with Gasteiger partial charge in [0.25, 0.3) is 5.24 Å². The molecule has 3 N–H and O–H groups in total. The Bertz CT molecular complexity index is 590. The zero-order chi connectivity index (χ0) is 15.4. The first-order valence-electron chi connectivity index (χ1n) is 6.25. The fraction of sp³-hybridized carbons (Fsp3) is 0.308. The number of nitrogens with one attached hydrogen (secondary N) is 1. The largest absolute Gasteiger partial charge is 0.506 e. The average molecular weight is 310 g/mol. The highest BCUT2D eigenvalue weighted by Gasteiger charge is 2.21. The van der Waals surface area contributed by atoms with Crippen molar-refractivity contribution in [1.82, 2.24) is 4.90 Å². The van der Waals surface area contributed by atoms with Gasteiger partial charge in [-0.25, -0.2) is 4.79 Å². The van der Waals surface area contributed by atoms with Gasteiger partial charge in [-0.3, -0.25) is 9.59 Å². The molecule has 1 aromatic rings. The van der Waals surface area contributed by atoms with E-state index in [2.05, 4.69) is 5.32 Å². The number of phenols is 1. The van der Waals surface area contributed by atoms with Crippen LogP contribution in [0.25, 0.3) is 0 Å². The van der Waals surface area contributed by atoms with Gasteiger partial charge in [0.2, 0.25) is 5.91 Å². The Morgan fingerprint density at radius 1 is 1.38 bits per heavy atom. The molecule has 1 aromatic carbocycles. The fourth-order valence-corrected chi connectivity index (χ4v) is 2.70. The highest BCUT2D eigenvalue weighted by Crippen LogP contribution is 2.24. The molecule has 1 heterocycles. The van der Waals surface area contributed by atoms with E-state index in [1.165, 1.54) is 30.0 Å². The lowest BCUT2D eigenvalue weighted by molar-refractivity contribution is -0.116. The van der Waals surface area contributed by atoms with Crippen LogP contribution in [0.1, 0.15) is 16.8 Å². The highest BCUT2D eigenvalue weighted by molar-refractivity contribution is 8.13. The van der Waals surface area contributed by atoms with E-state index in [9.17, 15) is 19.5 Å². The Labute approximate surface area is 124 Å². The van der Waals surface area contributed by atoms with Crippen LogP contribution in [0.4, 0.5) is 10.5 Å². The first kappa shape index (κ1) is 15.2. The smallest absolute Gasteiger partial charge is 0.335 e. The summed E-state index contributed by atoms with van der Waals surface area (Å²) in [5, 5.41) is 20.9. The summed E-state index contributed by atoms with van der Waals surface area (Å²) in [6.07, 6.45) is 0.0863. The van der Waals surface area contributed by atoms with Gasteiger partial charge in [-0.15, -0.1) is 0 Å². The van der Waals surface area contributed by atoms with Crippen LogP contribution in [0.3, 0.4) is 0 Å². The second-order valence-electron chi connectivity index (χ2n) is 4.44. The Morgan fingerprint density at radius 3 is 2.76 bits per heavy atom. The van der Waals surface area contributed by atoms with E-state index in [4.69, 9.17) is 5.11 Å². The number of hydrogen-bond donors (Lipinski definition) is 3. The van der Waals surface area contributed by atoms with E-state index < -0.39 is 11.9 Å². The zero-order valence-corrected chi connectivity index (χ0v) is 11.9. The number of thioether (sulfide) groups is 1. The number of benzene rings is 1. The molecule has 0 aliphatic carbocycles. The van der Waals surface area contributed by atoms with Crippen LogP contribution in [0.5, 0.6) is 5.75 Å². The highest BCUT2D eigenvalue weighted by atomic mass is 32.2. The molecule has 1 aliphatic heterocycles. The van der Waals surface area contributed by atoms with Crippen molar-refractivity contribution in [1.29, 1.82) is 0 Å². The van der Waals surface area contributed by atoms with Crippen LogP contribution >= 0.6 is 11.8 Å². The molecule has 21 heavy (non-hydrogen) atoms. The van der Waals surface area contributed by atoms with Gasteiger partial charge in [0.15, 0.2) is 0 Å². The summed E-state index contributed by atoms with van der Waals surface area (Å²) in [6, 6.07) is 3.64. The monoisotopic (exact) mass is 310 g/mol. The van der Waals surface area contributed by atoms with Crippen molar-refractivity contribution in [3.63, 3.8) is 0 Å². The lowest BCUT2D eigenvalue weighted by atomic mass is 10.2. The lowest BCUT2D eigenvalue weighted by Crippen LogP contribution is -2.27. The molecule has 2 amide bonds. The first-order valence-corrected chi connectivity index (χ1v) is 7.24. The third-order valence-corrected chi connectivity index (χ3v) is 3.86. The van der Waals surface area contributed by atoms with E-state index >= 15 is 0 Å². The van der Waals surface area contributed by atoms with E-state index in [1.807, 2.05) is 0 Å². The number of carboxylic acid groups (broad SMARTS) is 1. The topological polar surface area (TPSA) is 107 Å². The fourth-order valence-electron chi connectivity index (χ4n) is 1.85. The summed E-state index contributed by atoms with van der Waals surface area (Å²) < 4.78 is 0. The minimum atomic E-state index is -1.15. The van der Waals surface area contributed by atoms with Crippen LogP contribution in [0.2, 0.25) is 0 Å². The third kappa shape index (κ3) is 3.88. The lowest BCUT2D eigenvalue weighted by Gasteiger charge is -2.14. The Hall–Kier alpha value is -2.22. The van der Waals surface area contributed by atoms with Crippen LogP contribution in [-0.2, 0) is 4.79 Å².